The lowest BCUT2D eigenvalue weighted by Gasteiger charge is -2.37. The van der Waals surface area contributed by atoms with Crippen LogP contribution in [0.4, 0.5) is 0 Å². The molecular weight excluding hydrogens is 376 g/mol. The first-order valence-electron chi connectivity index (χ1n) is 9.84. The van der Waals surface area contributed by atoms with E-state index >= 15 is 0 Å². The summed E-state index contributed by atoms with van der Waals surface area (Å²) in [6.07, 6.45) is 0. The second-order valence-electron chi connectivity index (χ2n) is 8.50. The van der Waals surface area contributed by atoms with Crippen molar-refractivity contribution in [3.05, 3.63) is 106 Å². The van der Waals surface area contributed by atoms with Gasteiger partial charge in [-0.1, -0.05) is 94.4 Å². The maximum Gasteiger partial charge on any atom is 0.336 e. The predicted molar refractivity (Wildman–Crippen MR) is 118 cm³/mol. The molecule has 0 heterocycles. The largest absolute Gasteiger partial charge is 0.478 e. The van der Waals surface area contributed by atoms with E-state index in [1.807, 2.05) is 88.4 Å². The highest BCUT2D eigenvalue weighted by molar-refractivity contribution is 6.03. The number of hydrogen-bond acceptors (Lipinski definition) is 2. The van der Waals surface area contributed by atoms with Crippen LogP contribution in [0.5, 0.6) is 0 Å². The molecule has 0 aromatic heterocycles. The summed E-state index contributed by atoms with van der Waals surface area (Å²) in [7, 11) is 0. The molecule has 0 unspecified atom stereocenters. The standard InChI is InChI=1S/C26H26O4/c1-25(2,17-11-7-5-8-12-17)20-16-15-19(23(27)28)21(24(29)30)22(20)26(3,4)18-13-9-6-10-14-18/h5-16H,1-4H3,(H,27,28)(H,29,30). The van der Waals surface area contributed by atoms with E-state index in [0.29, 0.717) is 5.56 Å². The minimum Gasteiger partial charge on any atom is -0.478 e. The maximum absolute atomic E-state index is 12.4. The summed E-state index contributed by atoms with van der Waals surface area (Å²) in [4.78, 5) is 24.3. The summed E-state index contributed by atoms with van der Waals surface area (Å²) in [5.41, 5.74) is 1.63. The molecule has 0 bridgehead atoms. The smallest absolute Gasteiger partial charge is 0.336 e. The molecule has 3 aromatic rings. The summed E-state index contributed by atoms with van der Waals surface area (Å²) in [5.74, 6) is -2.49. The van der Waals surface area contributed by atoms with Gasteiger partial charge in [0.25, 0.3) is 0 Å². The van der Waals surface area contributed by atoms with Crippen molar-refractivity contribution < 1.29 is 19.8 Å². The number of hydrogen-bond donors (Lipinski definition) is 2. The number of carboxylic acid groups (broad SMARTS) is 2. The Balaban J connectivity index is 2.44. The van der Waals surface area contributed by atoms with Crippen molar-refractivity contribution in [2.24, 2.45) is 0 Å². The normalized spacial score (nSPS) is 11.9. The van der Waals surface area contributed by atoms with Crippen molar-refractivity contribution in [1.29, 1.82) is 0 Å². The monoisotopic (exact) mass is 402 g/mol. The second-order valence-corrected chi connectivity index (χ2v) is 8.50. The van der Waals surface area contributed by atoms with Crippen LogP contribution in [0.3, 0.4) is 0 Å². The van der Waals surface area contributed by atoms with Crippen LogP contribution in [0.2, 0.25) is 0 Å². The molecule has 0 aliphatic heterocycles. The Morgan fingerprint density at radius 3 is 1.53 bits per heavy atom. The molecule has 30 heavy (non-hydrogen) atoms. The van der Waals surface area contributed by atoms with Crippen LogP contribution in [0.25, 0.3) is 0 Å². The van der Waals surface area contributed by atoms with Crippen molar-refractivity contribution in [3.8, 4) is 0 Å². The van der Waals surface area contributed by atoms with Gasteiger partial charge in [-0.2, -0.15) is 0 Å². The molecule has 0 saturated carbocycles. The third kappa shape index (κ3) is 3.61. The third-order valence-electron chi connectivity index (χ3n) is 5.94. The maximum atomic E-state index is 12.4. The Morgan fingerprint density at radius 2 is 1.10 bits per heavy atom. The first-order chi connectivity index (χ1) is 14.1. The fourth-order valence-corrected chi connectivity index (χ4v) is 4.18. The Labute approximate surface area is 176 Å². The highest BCUT2D eigenvalue weighted by Crippen LogP contribution is 2.44. The Hall–Kier alpha value is -3.40. The summed E-state index contributed by atoms with van der Waals surface area (Å²) in [5, 5.41) is 19.8. The predicted octanol–water partition coefficient (Wildman–Crippen LogP) is 5.73. The zero-order valence-corrected chi connectivity index (χ0v) is 17.6. The molecule has 154 valence electrons. The van der Waals surface area contributed by atoms with Crippen LogP contribution in [0, 0.1) is 0 Å². The van der Waals surface area contributed by atoms with Gasteiger partial charge in [0.1, 0.15) is 0 Å². The number of carbonyl (C=O) groups is 2. The topological polar surface area (TPSA) is 74.6 Å². The summed E-state index contributed by atoms with van der Waals surface area (Å²) < 4.78 is 0. The first-order valence-corrected chi connectivity index (χ1v) is 9.84. The second kappa shape index (κ2) is 7.79. The quantitative estimate of drug-likeness (QED) is 0.552. The Kier molecular flexibility index (Phi) is 5.53. The molecule has 0 aliphatic rings. The molecule has 0 aliphatic carbocycles. The van der Waals surface area contributed by atoms with Gasteiger partial charge in [-0.05, 0) is 28.3 Å². The third-order valence-corrected chi connectivity index (χ3v) is 5.94. The van der Waals surface area contributed by atoms with Gasteiger partial charge in [-0.15, -0.1) is 0 Å². The van der Waals surface area contributed by atoms with Gasteiger partial charge in [-0.3, -0.25) is 0 Å². The highest BCUT2D eigenvalue weighted by Gasteiger charge is 2.38. The van der Waals surface area contributed by atoms with E-state index in [0.717, 1.165) is 16.7 Å². The van der Waals surface area contributed by atoms with Crippen LogP contribution in [0.15, 0.2) is 72.8 Å². The van der Waals surface area contributed by atoms with E-state index in [2.05, 4.69) is 0 Å². The van der Waals surface area contributed by atoms with Gasteiger partial charge < -0.3 is 10.2 Å². The number of rotatable bonds is 6. The molecule has 0 saturated heterocycles. The Morgan fingerprint density at radius 1 is 0.633 bits per heavy atom. The average Bonchev–Trinajstić information content (AvgIpc) is 2.73. The molecule has 4 nitrogen and oxygen atoms in total. The van der Waals surface area contributed by atoms with Crippen LogP contribution in [0.1, 0.15) is 70.7 Å². The van der Waals surface area contributed by atoms with Crippen LogP contribution in [-0.2, 0) is 10.8 Å². The molecule has 0 spiro atoms. The minimum atomic E-state index is -1.25. The van der Waals surface area contributed by atoms with Crippen molar-refractivity contribution >= 4 is 11.9 Å². The lowest BCUT2D eigenvalue weighted by molar-refractivity contribution is 0.0649. The van der Waals surface area contributed by atoms with Crippen LogP contribution >= 0.6 is 0 Å². The van der Waals surface area contributed by atoms with Crippen molar-refractivity contribution in [2.75, 3.05) is 0 Å². The zero-order chi connectivity index (χ0) is 22.1. The zero-order valence-electron chi connectivity index (χ0n) is 17.6. The molecule has 4 heteroatoms. The number of aromatic carboxylic acids is 2. The van der Waals surface area contributed by atoms with E-state index in [1.165, 1.54) is 6.07 Å². The number of carboxylic acids is 2. The van der Waals surface area contributed by atoms with Gasteiger partial charge in [-0.25, -0.2) is 9.59 Å². The van der Waals surface area contributed by atoms with Gasteiger partial charge in [0.05, 0.1) is 11.1 Å². The van der Waals surface area contributed by atoms with Gasteiger partial charge in [0.15, 0.2) is 0 Å². The summed E-state index contributed by atoms with van der Waals surface area (Å²) >= 11 is 0. The fraction of sp³-hybridized carbons (Fsp3) is 0.231. The Bertz CT molecular complexity index is 1080. The summed E-state index contributed by atoms with van der Waals surface area (Å²) in [6.45, 7) is 7.96. The lowest BCUT2D eigenvalue weighted by atomic mass is 9.66. The van der Waals surface area contributed by atoms with Crippen LogP contribution in [-0.4, -0.2) is 22.2 Å². The fourth-order valence-electron chi connectivity index (χ4n) is 4.18. The van der Waals surface area contributed by atoms with Gasteiger partial charge in [0.2, 0.25) is 0 Å². The molecule has 3 rings (SSSR count). The number of benzene rings is 3. The minimum absolute atomic E-state index is 0.155. The van der Waals surface area contributed by atoms with E-state index in [9.17, 15) is 19.8 Å². The molecule has 0 amide bonds. The highest BCUT2D eigenvalue weighted by atomic mass is 16.4. The molecular formula is C26H26O4. The summed E-state index contributed by atoms with van der Waals surface area (Å²) in [6, 6.07) is 22.6. The first kappa shape index (κ1) is 21.3. The van der Waals surface area contributed by atoms with Gasteiger partial charge in [0, 0.05) is 10.8 Å². The van der Waals surface area contributed by atoms with E-state index < -0.39 is 22.8 Å². The van der Waals surface area contributed by atoms with E-state index in [4.69, 9.17) is 0 Å². The van der Waals surface area contributed by atoms with E-state index in [1.54, 1.807) is 6.07 Å². The van der Waals surface area contributed by atoms with Crippen LogP contribution < -0.4 is 0 Å². The van der Waals surface area contributed by atoms with Crippen molar-refractivity contribution in [2.45, 2.75) is 38.5 Å². The van der Waals surface area contributed by atoms with Gasteiger partial charge >= 0.3 is 11.9 Å². The molecule has 3 aromatic carbocycles. The van der Waals surface area contributed by atoms with E-state index in [-0.39, 0.29) is 11.1 Å². The molecule has 2 N–H and O–H groups in total. The average molecular weight is 402 g/mol. The lowest BCUT2D eigenvalue weighted by Crippen LogP contribution is -2.32. The SMILES string of the molecule is CC(C)(c1ccccc1)c1ccc(C(=O)O)c(C(=O)O)c1C(C)(C)c1ccccc1. The molecule has 0 radical (unpaired) electrons. The van der Waals surface area contributed by atoms with Crippen molar-refractivity contribution in [1.82, 2.24) is 0 Å². The molecule has 0 fully saturated rings. The molecule has 0 atom stereocenters. The van der Waals surface area contributed by atoms with Crippen molar-refractivity contribution in [3.63, 3.8) is 0 Å².